The number of nitrogens with zero attached hydrogens (tertiary/aromatic N) is 1. The normalized spacial score (nSPS) is 20.6. The molecule has 2 rings (SSSR count). The van der Waals surface area contributed by atoms with E-state index in [2.05, 4.69) is 15.9 Å². The number of rotatable bonds is 3. The molecule has 106 valence electrons. The Hall–Kier alpha value is -0.240. The average molecular weight is 366 g/mol. The van der Waals surface area contributed by atoms with Crippen molar-refractivity contribution >= 4 is 43.2 Å². The number of hydrogen-bond donors (Lipinski definition) is 1. The predicted molar refractivity (Wildman–Crippen MR) is 83.4 cm³/mol. The van der Waals surface area contributed by atoms with E-state index in [0.717, 1.165) is 21.5 Å². The molecule has 1 aliphatic rings. The highest BCUT2D eigenvalue weighted by Gasteiger charge is 2.31. The lowest BCUT2D eigenvalue weighted by Crippen LogP contribution is -2.47. The molecule has 0 radical (unpaired) electrons. The monoisotopic (exact) mass is 365 g/mol. The summed E-state index contributed by atoms with van der Waals surface area (Å²) in [5.74, 6) is 1.52. The zero-order valence-corrected chi connectivity index (χ0v) is 13.8. The molecule has 1 N–H and O–H groups in total. The number of anilines is 1. The highest BCUT2D eigenvalue weighted by atomic mass is 79.9. The van der Waals surface area contributed by atoms with Crippen LogP contribution >= 0.6 is 27.7 Å². The van der Waals surface area contributed by atoms with E-state index in [4.69, 9.17) is 5.11 Å². The Kier molecular flexibility index (Phi) is 4.81. The summed E-state index contributed by atoms with van der Waals surface area (Å²) < 4.78 is 24.5. The molecule has 1 aromatic carbocycles. The maximum Gasteiger partial charge on any atom is 0.169 e. The van der Waals surface area contributed by atoms with Crippen LogP contribution in [-0.2, 0) is 16.4 Å². The Balaban J connectivity index is 2.35. The predicted octanol–water partition coefficient (Wildman–Crippen LogP) is 1.87. The van der Waals surface area contributed by atoms with Crippen molar-refractivity contribution in [3.8, 4) is 0 Å². The minimum absolute atomic E-state index is 0.0355. The molecule has 0 bridgehead atoms. The third-order valence-corrected chi connectivity index (χ3v) is 6.50. The van der Waals surface area contributed by atoms with Gasteiger partial charge >= 0.3 is 0 Å². The number of hydrogen-bond acceptors (Lipinski definition) is 5. The molecule has 0 amide bonds. The number of sulfone groups is 1. The van der Waals surface area contributed by atoms with E-state index in [1.807, 2.05) is 23.1 Å². The quantitative estimate of drug-likeness (QED) is 0.885. The Labute approximate surface area is 126 Å². The first-order valence-electron chi connectivity index (χ1n) is 5.86. The Morgan fingerprint density at radius 1 is 1.53 bits per heavy atom. The van der Waals surface area contributed by atoms with Gasteiger partial charge in [-0.15, -0.1) is 0 Å². The van der Waals surface area contributed by atoms with E-state index in [0.29, 0.717) is 12.3 Å². The molecule has 1 aromatic rings. The summed E-state index contributed by atoms with van der Waals surface area (Å²) in [5.41, 5.74) is 1.67. The molecule has 1 saturated heterocycles. The van der Waals surface area contributed by atoms with Gasteiger partial charge < -0.3 is 10.0 Å². The van der Waals surface area contributed by atoms with Gasteiger partial charge in [-0.1, -0.05) is 22.0 Å². The van der Waals surface area contributed by atoms with Crippen molar-refractivity contribution in [2.24, 2.45) is 0 Å². The van der Waals surface area contributed by atoms with E-state index in [9.17, 15) is 8.42 Å². The van der Waals surface area contributed by atoms with Gasteiger partial charge in [0.1, 0.15) is 5.37 Å². The number of thioether (sulfide) groups is 1. The van der Waals surface area contributed by atoms with Gasteiger partial charge in [0.15, 0.2) is 9.84 Å². The molecule has 0 aromatic heterocycles. The molecular formula is C12H16BrNO3S2. The first kappa shape index (κ1) is 15.2. The first-order chi connectivity index (χ1) is 8.93. The Morgan fingerprint density at radius 2 is 2.26 bits per heavy atom. The van der Waals surface area contributed by atoms with E-state index in [1.165, 1.54) is 6.26 Å². The lowest BCUT2D eigenvalue weighted by Gasteiger charge is -2.36. The molecule has 1 heterocycles. The maximum atomic E-state index is 11.9. The van der Waals surface area contributed by atoms with Crippen LogP contribution in [0, 0.1) is 0 Å². The largest absolute Gasteiger partial charge is 0.392 e. The van der Waals surface area contributed by atoms with Crippen LogP contribution in [0.3, 0.4) is 0 Å². The van der Waals surface area contributed by atoms with Crippen molar-refractivity contribution in [3.05, 3.63) is 28.2 Å². The summed E-state index contributed by atoms with van der Waals surface area (Å²) in [6.45, 7) is 0.680. The minimum atomic E-state index is -3.11. The zero-order valence-electron chi connectivity index (χ0n) is 10.5. The summed E-state index contributed by atoms with van der Waals surface area (Å²) in [6, 6.07) is 5.56. The second-order valence-electron chi connectivity index (χ2n) is 4.49. The molecule has 1 unspecified atom stereocenters. The zero-order chi connectivity index (χ0) is 14.0. The van der Waals surface area contributed by atoms with Crippen molar-refractivity contribution < 1.29 is 13.5 Å². The van der Waals surface area contributed by atoms with Crippen molar-refractivity contribution in [2.75, 3.05) is 29.2 Å². The lowest BCUT2D eigenvalue weighted by atomic mass is 10.2. The van der Waals surface area contributed by atoms with Gasteiger partial charge in [0.05, 0.1) is 6.61 Å². The van der Waals surface area contributed by atoms with Gasteiger partial charge in [-0.2, -0.15) is 11.8 Å². The highest BCUT2D eigenvalue weighted by Crippen LogP contribution is 2.30. The standard InChI is InChI=1S/C12H16BrNO3S2/c1-19(16,17)12-8-18-5-4-14(12)10-3-2-9(7-15)11(13)6-10/h2-3,6,12,15H,4-5,7-8H2,1H3. The number of aliphatic hydroxyl groups is 1. The van der Waals surface area contributed by atoms with Crippen LogP contribution < -0.4 is 4.90 Å². The smallest absolute Gasteiger partial charge is 0.169 e. The molecule has 0 spiro atoms. The van der Waals surface area contributed by atoms with Gasteiger partial charge in [0, 0.05) is 34.5 Å². The van der Waals surface area contributed by atoms with Gasteiger partial charge in [0.25, 0.3) is 0 Å². The molecule has 0 saturated carbocycles. The van der Waals surface area contributed by atoms with Gasteiger partial charge in [-0.25, -0.2) is 8.42 Å². The fourth-order valence-corrected chi connectivity index (χ4v) is 5.41. The van der Waals surface area contributed by atoms with E-state index in [-0.39, 0.29) is 6.61 Å². The van der Waals surface area contributed by atoms with Crippen molar-refractivity contribution in [2.45, 2.75) is 12.0 Å². The first-order valence-corrected chi connectivity index (χ1v) is 9.76. The van der Waals surface area contributed by atoms with E-state index >= 15 is 0 Å². The average Bonchev–Trinajstić information content (AvgIpc) is 2.37. The molecular weight excluding hydrogens is 350 g/mol. The molecule has 19 heavy (non-hydrogen) atoms. The Morgan fingerprint density at radius 3 is 2.84 bits per heavy atom. The van der Waals surface area contributed by atoms with Crippen LogP contribution in [0.5, 0.6) is 0 Å². The maximum absolute atomic E-state index is 11.9. The van der Waals surface area contributed by atoms with Crippen molar-refractivity contribution in [3.63, 3.8) is 0 Å². The number of aliphatic hydroxyl groups excluding tert-OH is 1. The summed E-state index contributed by atoms with van der Waals surface area (Å²) in [7, 11) is -3.11. The van der Waals surface area contributed by atoms with Gasteiger partial charge in [-0.05, 0) is 17.7 Å². The van der Waals surface area contributed by atoms with Crippen LogP contribution in [0.15, 0.2) is 22.7 Å². The summed E-state index contributed by atoms with van der Waals surface area (Å²) in [6.07, 6.45) is 1.29. The molecule has 7 heteroatoms. The van der Waals surface area contributed by atoms with Crippen molar-refractivity contribution in [1.82, 2.24) is 0 Å². The van der Waals surface area contributed by atoms with E-state index < -0.39 is 15.2 Å². The van der Waals surface area contributed by atoms with E-state index in [1.54, 1.807) is 11.8 Å². The molecule has 4 nitrogen and oxygen atoms in total. The second-order valence-corrected chi connectivity index (χ2v) is 8.69. The molecule has 1 aliphatic heterocycles. The lowest BCUT2D eigenvalue weighted by molar-refractivity contribution is 0.281. The Bertz CT molecular complexity index is 562. The molecule has 0 aliphatic carbocycles. The number of benzene rings is 1. The number of halogens is 1. The topological polar surface area (TPSA) is 57.6 Å². The summed E-state index contributed by atoms with van der Waals surface area (Å²) >= 11 is 5.07. The van der Waals surface area contributed by atoms with Crippen LogP contribution in [0.4, 0.5) is 5.69 Å². The molecule has 1 atom stereocenters. The second kappa shape index (κ2) is 6.03. The van der Waals surface area contributed by atoms with Crippen LogP contribution in [-0.4, -0.2) is 43.2 Å². The fourth-order valence-electron chi connectivity index (χ4n) is 2.07. The third-order valence-electron chi connectivity index (χ3n) is 3.12. The van der Waals surface area contributed by atoms with Crippen LogP contribution in [0.1, 0.15) is 5.56 Å². The summed E-state index contributed by atoms with van der Waals surface area (Å²) in [4.78, 5) is 1.93. The minimum Gasteiger partial charge on any atom is -0.392 e. The SMILES string of the molecule is CS(=O)(=O)C1CSCCN1c1ccc(CO)c(Br)c1. The third kappa shape index (κ3) is 3.45. The van der Waals surface area contributed by atoms with Crippen molar-refractivity contribution in [1.29, 1.82) is 0 Å². The van der Waals surface area contributed by atoms with Crippen LogP contribution in [0.25, 0.3) is 0 Å². The summed E-state index contributed by atoms with van der Waals surface area (Å²) in [5, 5.41) is 8.68. The highest BCUT2D eigenvalue weighted by molar-refractivity contribution is 9.10. The van der Waals surface area contributed by atoms with Gasteiger partial charge in [-0.3, -0.25) is 0 Å². The fraction of sp³-hybridized carbons (Fsp3) is 0.500. The van der Waals surface area contributed by atoms with Gasteiger partial charge in [0.2, 0.25) is 0 Å². The van der Waals surface area contributed by atoms with Crippen LogP contribution in [0.2, 0.25) is 0 Å². The molecule has 1 fully saturated rings.